The third kappa shape index (κ3) is 3.74. The highest BCUT2D eigenvalue weighted by molar-refractivity contribution is 5.97. The van der Waals surface area contributed by atoms with E-state index in [9.17, 15) is 14.4 Å². The van der Waals surface area contributed by atoms with Gasteiger partial charge in [-0.1, -0.05) is 0 Å². The van der Waals surface area contributed by atoms with Gasteiger partial charge in [0.15, 0.2) is 0 Å². The topological polar surface area (TPSA) is 128 Å². The summed E-state index contributed by atoms with van der Waals surface area (Å²) >= 11 is 0. The summed E-state index contributed by atoms with van der Waals surface area (Å²) in [5.74, 6) is -3.77. The monoisotopic (exact) mass is 254 g/mol. The van der Waals surface area contributed by atoms with E-state index in [4.69, 9.17) is 15.3 Å². The molecule has 1 rings (SSSR count). The van der Waals surface area contributed by atoms with E-state index >= 15 is 0 Å². The van der Waals surface area contributed by atoms with Gasteiger partial charge in [-0.2, -0.15) is 0 Å². The molecule has 0 unspecified atom stereocenters. The largest absolute Gasteiger partial charge is 0.506 e. The summed E-state index contributed by atoms with van der Waals surface area (Å²) in [6.07, 6.45) is 2.20. The Morgan fingerprint density at radius 3 is 2.11 bits per heavy atom. The molecule has 0 atom stereocenters. The summed E-state index contributed by atoms with van der Waals surface area (Å²) in [6, 6.07) is 1.08. The Hall–Kier alpha value is -2.64. The van der Waals surface area contributed by atoms with Crippen molar-refractivity contribution in [2.24, 2.45) is 0 Å². The number of carbonyl (C=O) groups excluding carboxylic acids is 1. The number of aromatic nitrogens is 1. The molecule has 8 nitrogen and oxygen atoms in total. The zero-order chi connectivity index (χ0) is 13.7. The number of hydrogen-bond donors (Lipinski definition) is 3. The van der Waals surface area contributed by atoms with Crippen molar-refractivity contribution in [1.82, 2.24) is 9.88 Å². The number of amides is 1. The van der Waals surface area contributed by atoms with Crippen LogP contribution in [-0.4, -0.2) is 56.1 Å². The van der Waals surface area contributed by atoms with Gasteiger partial charge in [0.05, 0.1) is 11.8 Å². The fourth-order valence-electron chi connectivity index (χ4n) is 1.25. The number of carbonyl (C=O) groups is 3. The molecule has 3 N–H and O–H groups in total. The molecule has 8 heteroatoms. The van der Waals surface area contributed by atoms with Gasteiger partial charge in [0.2, 0.25) is 0 Å². The Morgan fingerprint density at radius 2 is 1.67 bits per heavy atom. The number of aromatic hydroxyl groups is 1. The van der Waals surface area contributed by atoms with Crippen molar-refractivity contribution in [3.8, 4) is 5.75 Å². The summed E-state index contributed by atoms with van der Waals surface area (Å²) in [5.41, 5.74) is -0.0856. The number of hydrogen-bond acceptors (Lipinski definition) is 5. The average molecular weight is 254 g/mol. The molecule has 0 spiro atoms. The number of nitrogens with zero attached hydrogens (tertiary/aromatic N) is 2. The highest BCUT2D eigenvalue weighted by atomic mass is 16.4. The molecular formula is C10H10N2O6. The molecule has 96 valence electrons. The summed E-state index contributed by atoms with van der Waals surface area (Å²) in [6.45, 7) is -1.50. The molecule has 0 aliphatic rings. The lowest BCUT2D eigenvalue weighted by molar-refractivity contribution is -0.140. The third-order valence-electron chi connectivity index (χ3n) is 1.91. The average Bonchev–Trinajstić information content (AvgIpc) is 2.26. The summed E-state index contributed by atoms with van der Waals surface area (Å²) in [5, 5.41) is 26.3. The van der Waals surface area contributed by atoms with Crippen LogP contribution in [0.2, 0.25) is 0 Å². The molecule has 0 aliphatic carbocycles. The van der Waals surface area contributed by atoms with Gasteiger partial charge in [0, 0.05) is 6.20 Å². The molecular weight excluding hydrogens is 244 g/mol. The molecule has 0 bridgehead atoms. The first-order chi connectivity index (χ1) is 8.40. The fourth-order valence-corrected chi connectivity index (χ4v) is 1.25. The Balaban J connectivity index is 2.94. The smallest absolute Gasteiger partial charge is 0.323 e. The van der Waals surface area contributed by atoms with E-state index in [2.05, 4.69) is 4.98 Å². The first kappa shape index (κ1) is 13.4. The van der Waals surface area contributed by atoms with E-state index in [-0.39, 0.29) is 11.3 Å². The van der Waals surface area contributed by atoms with Crippen molar-refractivity contribution in [3.63, 3.8) is 0 Å². The standard InChI is InChI=1S/C10H10N2O6/c13-7-1-6(2-11-3-7)10(18)12(4-8(14)15)5-9(16)17/h1-3,13H,4-5H2,(H,14,15)(H,16,17). The minimum atomic E-state index is -1.34. The molecule has 0 fully saturated rings. The van der Waals surface area contributed by atoms with Crippen molar-refractivity contribution < 1.29 is 29.7 Å². The summed E-state index contributed by atoms with van der Waals surface area (Å²) < 4.78 is 0. The van der Waals surface area contributed by atoms with Gasteiger partial charge in [0.25, 0.3) is 5.91 Å². The number of pyridine rings is 1. The second-order valence-electron chi connectivity index (χ2n) is 3.38. The Morgan fingerprint density at radius 1 is 1.11 bits per heavy atom. The van der Waals surface area contributed by atoms with Crippen molar-refractivity contribution >= 4 is 17.8 Å². The highest BCUT2D eigenvalue weighted by Crippen LogP contribution is 2.11. The quantitative estimate of drug-likeness (QED) is 0.639. The van der Waals surface area contributed by atoms with Crippen LogP contribution >= 0.6 is 0 Å². The molecule has 1 heterocycles. The van der Waals surface area contributed by atoms with Gasteiger partial charge < -0.3 is 20.2 Å². The highest BCUT2D eigenvalue weighted by Gasteiger charge is 2.21. The molecule has 0 saturated carbocycles. The lowest BCUT2D eigenvalue weighted by Crippen LogP contribution is -2.39. The van der Waals surface area contributed by atoms with Crippen molar-refractivity contribution in [3.05, 3.63) is 24.0 Å². The minimum Gasteiger partial charge on any atom is -0.506 e. The minimum absolute atomic E-state index is 0.0856. The molecule has 0 radical (unpaired) electrons. The zero-order valence-electron chi connectivity index (χ0n) is 9.11. The number of aliphatic carboxylic acids is 2. The van der Waals surface area contributed by atoms with E-state index in [1.807, 2.05) is 0 Å². The van der Waals surface area contributed by atoms with Crippen molar-refractivity contribution in [2.75, 3.05) is 13.1 Å². The second kappa shape index (κ2) is 5.62. The zero-order valence-corrected chi connectivity index (χ0v) is 9.11. The maximum atomic E-state index is 11.8. The molecule has 18 heavy (non-hydrogen) atoms. The Labute approximate surface area is 101 Å². The van der Waals surface area contributed by atoms with Gasteiger partial charge in [0.1, 0.15) is 18.8 Å². The van der Waals surface area contributed by atoms with Crippen LogP contribution < -0.4 is 0 Å². The Kier molecular flexibility index (Phi) is 4.19. The van der Waals surface area contributed by atoms with Crippen LogP contribution in [0.3, 0.4) is 0 Å². The molecule has 1 aromatic rings. The van der Waals surface area contributed by atoms with E-state index in [1.165, 1.54) is 0 Å². The number of carboxylic acid groups (broad SMARTS) is 2. The SMILES string of the molecule is O=C(O)CN(CC(=O)O)C(=O)c1cncc(O)c1. The number of carboxylic acids is 2. The molecule has 0 saturated heterocycles. The number of rotatable bonds is 5. The van der Waals surface area contributed by atoms with Crippen LogP contribution in [0.15, 0.2) is 18.5 Å². The maximum absolute atomic E-state index is 11.8. The molecule has 0 aromatic carbocycles. The predicted molar refractivity (Wildman–Crippen MR) is 57.1 cm³/mol. The second-order valence-corrected chi connectivity index (χ2v) is 3.38. The van der Waals surface area contributed by atoms with E-state index in [0.717, 1.165) is 18.5 Å². The van der Waals surface area contributed by atoms with Gasteiger partial charge >= 0.3 is 11.9 Å². The van der Waals surface area contributed by atoms with Crippen LogP contribution in [0, 0.1) is 0 Å². The van der Waals surface area contributed by atoms with Gasteiger partial charge in [-0.25, -0.2) is 0 Å². The summed E-state index contributed by atoms with van der Waals surface area (Å²) in [4.78, 5) is 37.1. The normalized spacial score (nSPS) is 9.78. The summed E-state index contributed by atoms with van der Waals surface area (Å²) in [7, 11) is 0. The van der Waals surface area contributed by atoms with Crippen molar-refractivity contribution in [1.29, 1.82) is 0 Å². The van der Waals surface area contributed by atoms with Crippen LogP contribution in [0.25, 0.3) is 0 Å². The maximum Gasteiger partial charge on any atom is 0.323 e. The van der Waals surface area contributed by atoms with E-state index in [0.29, 0.717) is 4.90 Å². The van der Waals surface area contributed by atoms with Gasteiger partial charge in [-0.05, 0) is 6.07 Å². The fraction of sp³-hybridized carbons (Fsp3) is 0.200. The van der Waals surface area contributed by atoms with Gasteiger partial charge in [-0.3, -0.25) is 19.4 Å². The van der Waals surface area contributed by atoms with Crippen LogP contribution in [-0.2, 0) is 9.59 Å². The lowest BCUT2D eigenvalue weighted by Gasteiger charge is -2.18. The third-order valence-corrected chi connectivity index (χ3v) is 1.91. The predicted octanol–water partition coefficient (Wildman–Crippen LogP) is -0.601. The first-order valence-electron chi connectivity index (χ1n) is 4.77. The molecule has 1 amide bonds. The van der Waals surface area contributed by atoms with Crippen LogP contribution in [0.4, 0.5) is 0 Å². The van der Waals surface area contributed by atoms with Crippen molar-refractivity contribution in [2.45, 2.75) is 0 Å². The lowest BCUT2D eigenvalue weighted by atomic mass is 10.2. The molecule has 1 aromatic heterocycles. The Bertz CT molecular complexity index is 471. The van der Waals surface area contributed by atoms with Crippen LogP contribution in [0.1, 0.15) is 10.4 Å². The first-order valence-corrected chi connectivity index (χ1v) is 4.77. The van der Waals surface area contributed by atoms with Crippen LogP contribution in [0.5, 0.6) is 5.75 Å². The van der Waals surface area contributed by atoms with Gasteiger partial charge in [-0.15, -0.1) is 0 Å². The van der Waals surface area contributed by atoms with E-state index < -0.39 is 30.9 Å². The van der Waals surface area contributed by atoms with E-state index in [1.54, 1.807) is 0 Å². The molecule has 0 aliphatic heterocycles.